The molecule has 0 saturated heterocycles. The molecule has 0 fully saturated rings. The van der Waals surface area contributed by atoms with Crippen LogP contribution in [0.2, 0.25) is 0 Å². The Kier molecular flexibility index (Phi) is 11.1. The first kappa shape index (κ1) is 22.4. The minimum Gasteiger partial charge on any atom is -0.496 e. The second-order valence-corrected chi connectivity index (χ2v) is 6.01. The Balaban J connectivity index is 0. The zero-order chi connectivity index (χ0) is 18.7. The summed E-state index contributed by atoms with van der Waals surface area (Å²) in [5.41, 5.74) is 1.84. The molecule has 1 atom stereocenters. The first-order valence-corrected chi connectivity index (χ1v) is 8.87. The molecule has 1 aromatic carbocycles. The zero-order valence-electron chi connectivity index (χ0n) is 15.6. The molecule has 0 amide bonds. The molecule has 0 heterocycles. The third kappa shape index (κ3) is 6.16. The Morgan fingerprint density at radius 1 is 1.42 bits per heavy atom. The highest BCUT2D eigenvalue weighted by molar-refractivity contribution is 7.80. The van der Waals surface area contributed by atoms with Crippen LogP contribution in [0.3, 0.4) is 0 Å². The van der Waals surface area contributed by atoms with Gasteiger partial charge in [-0.1, -0.05) is 45.8 Å². The molecule has 0 aliphatic rings. The van der Waals surface area contributed by atoms with Crippen LogP contribution in [-0.2, 0) is 4.79 Å². The van der Waals surface area contributed by atoms with Gasteiger partial charge in [0.25, 0.3) is 0 Å². The monoisotopic (exact) mass is 354 g/mol. The Bertz CT molecular complexity index is 585. The maximum atomic E-state index is 14.0. The number of aryl methyl sites for hydroxylation is 1. The summed E-state index contributed by atoms with van der Waals surface area (Å²) in [5, 5.41) is 0. The Morgan fingerprint density at radius 3 is 2.50 bits per heavy atom. The molecule has 0 aliphatic carbocycles. The van der Waals surface area contributed by atoms with Crippen LogP contribution < -0.4 is 4.74 Å². The number of hydrogen-bond acceptors (Lipinski definition) is 3. The van der Waals surface area contributed by atoms with E-state index in [2.05, 4.69) is 6.92 Å². The number of unbranched alkanes of at least 4 members (excludes halogenated alkanes) is 1. The summed E-state index contributed by atoms with van der Waals surface area (Å²) in [6.07, 6.45) is 5.06. The van der Waals surface area contributed by atoms with Crippen LogP contribution in [0.25, 0.3) is 5.57 Å². The highest BCUT2D eigenvalue weighted by atomic mass is 32.1. The van der Waals surface area contributed by atoms with Crippen molar-refractivity contribution in [3.8, 4) is 5.75 Å². The van der Waals surface area contributed by atoms with Crippen molar-refractivity contribution in [1.29, 1.82) is 0 Å². The van der Waals surface area contributed by atoms with E-state index in [4.69, 9.17) is 17.0 Å². The van der Waals surface area contributed by atoms with Crippen LogP contribution in [0.15, 0.2) is 18.2 Å². The molecular formula is C20H31FO2S. The first-order chi connectivity index (χ1) is 11.5. The Hall–Kier alpha value is -1.55. The lowest BCUT2D eigenvalue weighted by molar-refractivity contribution is -0.104. The number of ether oxygens (including phenoxy) is 1. The number of hydrogen-bond donors (Lipinski definition) is 0. The summed E-state index contributed by atoms with van der Waals surface area (Å²) in [6, 6.07) is 3.08. The van der Waals surface area contributed by atoms with Crippen molar-refractivity contribution in [2.75, 3.05) is 7.11 Å². The van der Waals surface area contributed by atoms with Crippen molar-refractivity contribution in [3.05, 3.63) is 35.2 Å². The van der Waals surface area contributed by atoms with Gasteiger partial charge < -0.3 is 4.74 Å². The number of rotatable bonds is 8. The highest BCUT2D eigenvalue weighted by Gasteiger charge is 2.21. The second kappa shape index (κ2) is 11.9. The van der Waals surface area contributed by atoms with E-state index in [1.807, 2.05) is 20.8 Å². The molecule has 4 heteroatoms. The van der Waals surface area contributed by atoms with E-state index in [1.165, 1.54) is 12.1 Å². The van der Waals surface area contributed by atoms with Crippen molar-refractivity contribution < 1.29 is 15.3 Å². The average Bonchev–Trinajstić information content (AvgIpc) is 2.58. The van der Waals surface area contributed by atoms with Crippen LogP contribution in [-0.4, -0.2) is 18.3 Å². The van der Waals surface area contributed by atoms with Gasteiger partial charge in [-0.3, -0.25) is 4.79 Å². The van der Waals surface area contributed by atoms with E-state index in [0.29, 0.717) is 16.9 Å². The SMILES string of the molecule is CC.CCCCC(C(C)=S)/C(=C\C=O)c1cc(F)c(C)cc1OC.[HH]. The number of aldehydes is 1. The molecule has 1 unspecified atom stereocenters. The lowest BCUT2D eigenvalue weighted by Gasteiger charge is -2.22. The lowest BCUT2D eigenvalue weighted by atomic mass is 9.85. The normalized spacial score (nSPS) is 12.0. The average molecular weight is 355 g/mol. The molecule has 1 aromatic rings. The number of methoxy groups -OCH3 is 1. The van der Waals surface area contributed by atoms with Gasteiger partial charge in [-0.15, -0.1) is 0 Å². The van der Waals surface area contributed by atoms with Gasteiger partial charge in [0.15, 0.2) is 0 Å². The summed E-state index contributed by atoms with van der Waals surface area (Å²) in [6.45, 7) is 9.65. The van der Waals surface area contributed by atoms with Gasteiger partial charge in [-0.25, -0.2) is 4.39 Å². The molecular weight excluding hydrogens is 323 g/mol. The Morgan fingerprint density at radius 2 is 2.04 bits per heavy atom. The predicted molar refractivity (Wildman–Crippen MR) is 106 cm³/mol. The lowest BCUT2D eigenvalue weighted by Crippen LogP contribution is -2.13. The van der Waals surface area contributed by atoms with Crippen LogP contribution in [0.5, 0.6) is 5.75 Å². The molecule has 0 radical (unpaired) electrons. The molecule has 0 aliphatic heterocycles. The summed E-state index contributed by atoms with van der Waals surface area (Å²) in [4.78, 5) is 11.9. The third-order valence-corrected chi connectivity index (χ3v) is 4.04. The fourth-order valence-electron chi connectivity index (χ4n) is 2.50. The standard InChI is InChI=1S/C18H23FO2S.C2H6.H2/c1-5-6-7-14(13(3)22)15(8-9-20)16-11-17(19)12(2)10-18(16)21-4;1-2;/h8-11,14H,5-7H2,1-4H3;1-2H3;1H/b15-8+;;. The van der Waals surface area contributed by atoms with Gasteiger partial charge in [-0.2, -0.15) is 0 Å². The number of benzene rings is 1. The molecule has 0 spiro atoms. The molecule has 1 rings (SSSR count). The second-order valence-electron chi connectivity index (χ2n) is 5.37. The van der Waals surface area contributed by atoms with Crippen molar-refractivity contribution in [2.45, 2.75) is 53.9 Å². The molecule has 0 bridgehead atoms. The minimum atomic E-state index is -0.316. The molecule has 136 valence electrons. The van der Waals surface area contributed by atoms with Gasteiger partial charge in [-0.05, 0) is 54.5 Å². The fourth-order valence-corrected chi connectivity index (χ4v) is 2.75. The van der Waals surface area contributed by atoms with Gasteiger partial charge >= 0.3 is 0 Å². The topological polar surface area (TPSA) is 26.3 Å². The van der Waals surface area contributed by atoms with Gasteiger partial charge in [0.1, 0.15) is 17.9 Å². The fraction of sp³-hybridized carbons (Fsp3) is 0.500. The van der Waals surface area contributed by atoms with Gasteiger partial charge in [0, 0.05) is 12.9 Å². The first-order valence-electron chi connectivity index (χ1n) is 8.46. The van der Waals surface area contributed by atoms with E-state index in [9.17, 15) is 9.18 Å². The maximum Gasteiger partial charge on any atom is 0.143 e. The maximum absolute atomic E-state index is 14.0. The van der Waals surface area contributed by atoms with Crippen molar-refractivity contribution >= 4 is 28.9 Å². The molecule has 0 saturated carbocycles. The van der Waals surface area contributed by atoms with Gasteiger partial charge in [0.2, 0.25) is 0 Å². The molecule has 2 nitrogen and oxygen atoms in total. The predicted octanol–water partition coefficient (Wildman–Crippen LogP) is 6.19. The van der Waals surface area contributed by atoms with Gasteiger partial charge in [0.05, 0.1) is 7.11 Å². The number of carbonyl (C=O) groups excluding carboxylic acids is 1. The highest BCUT2D eigenvalue weighted by Crippen LogP contribution is 2.36. The van der Waals surface area contributed by atoms with Crippen LogP contribution in [0.4, 0.5) is 4.39 Å². The van der Waals surface area contributed by atoms with E-state index in [0.717, 1.165) is 36.0 Å². The van der Waals surface area contributed by atoms with E-state index < -0.39 is 0 Å². The number of thiocarbonyl (C=S) groups is 1. The van der Waals surface area contributed by atoms with Crippen LogP contribution in [0.1, 0.15) is 59.5 Å². The summed E-state index contributed by atoms with van der Waals surface area (Å²) < 4.78 is 19.4. The number of halogens is 1. The summed E-state index contributed by atoms with van der Waals surface area (Å²) in [7, 11) is 1.54. The van der Waals surface area contributed by atoms with E-state index >= 15 is 0 Å². The molecule has 24 heavy (non-hydrogen) atoms. The molecule has 0 N–H and O–H groups in total. The van der Waals surface area contributed by atoms with Crippen molar-refractivity contribution in [2.24, 2.45) is 5.92 Å². The Labute approximate surface area is 152 Å². The van der Waals surface area contributed by atoms with E-state index in [1.54, 1.807) is 20.1 Å². The third-order valence-electron chi connectivity index (χ3n) is 3.75. The van der Waals surface area contributed by atoms with E-state index in [-0.39, 0.29) is 13.2 Å². The summed E-state index contributed by atoms with van der Waals surface area (Å²) in [5.74, 6) is 0.185. The smallest absolute Gasteiger partial charge is 0.143 e. The summed E-state index contributed by atoms with van der Waals surface area (Å²) >= 11 is 5.37. The number of allylic oxidation sites excluding steroid dienone is 2. The van der Waals surface area contributed by atoms with Crippen molar-refractivity contribution in [3.63, 3.8) is 0 Å². The van der Waals surface area contributed by atoms with Crippen LogP contribution >= 0.6 is 12.2 Å². The zero-order valence-corrected chi connectivity index (χ0v) is 16.4. The van der Waals surface area contributed by atoms with Crippen LogP contribution in [0, 0.1) is 18.7 Å². The minimum absolute atomic E-state index is 0. The molecule has 0 aromatic heterocycles. The number of carbonyl (C=O) groups is 1. The van der Waals surface area contributed by atoms with Crippen molar-refractivity contribution in [1.82, 2.24) is 0 Å². The largest absolute Gasteiger partial charge is 0.496 e. The quantitative estimate of drug-likeness (QED) is 0.316.